The summed E-state index contributed by atoms with van der Waals surface area (Å²) >= 11 is 6.11. The van der Waals surface area contributed by atoms with Gasteiger partial charge < -0.3 is 15.5 Å². The van der Waals surface area contributed by atoms with Gasteiger partial charge in [0.25, 0.3) is 0 Å². The van der Waals surface area contributed by atoms with Crippen LogP contribution in [0.5, 0.6) is 0 Å². The molecular weight excluding hydrogens is 414 g/mol. The number of hydrogen-bond acceptors (Lipinski definition) is 5. The van der Waals surface area contributed by atoms with Crippen molar-refractivity contribution in [3.63, 3.8) is 0 Å². The molecule has 3 fully saturated rings. The lowest BCUT2D eigenvalue weighted by molar-refractivity contribution is -0.128. The quantitative estimate of drug-likeness (QED) is 0.692. The van der Waals surface area contributed by atoms with Gasteiger partial charge in [-0.25, -0.2) is 0 Å². The van der Waals surface area contributed by atoms with Crippen molar-refractivity contribution in [3.8, 4) is 0 Å². The van der Waals surface area contributed by atoms with Crippen molar-refractivity contribution in [3.05, 3.63) is 29.3 Å². The first-order chi connectivity index (χ1) is 14.9. The van der Waals surface area contributed by atoms with Crippen LogP contribution in [0.2, 0.25) is 5.02 Å². The van der Waals surface area contributed by atoms with Gasteiger partial charge in [-0.1, -0.05) is 17.7 Å². The minimum absolute atomic E-state index is 0.0490. The highest BCUT2D eigenvalue weighted by Gasteiger charge is 2.52. The fourth-order valence-electron chi connectivity index (χ4n) is 5.06. The number of amides is 2. The number of hydrogen-bond donors (Lipinski definition) is 2. The normalized spacial score (nSPS) is 27.3. The number of halogens is 1. The molecule has 0 bridgehead atoms. The average molecular weight is 448 g/mol. The first-order valence-electron chi connectivity index (χ1n) is 11.4. The van der Waals surface area contributed by atoms with E-state index in [-0.39, 0.29) is 17.2 Å². The fourth-order valence-corrected chi connectivity index (χ4v) is 5.25. The standard InChI is InChI=1S/C23H34ClN5O2/c1-17(2)29-8-6-23(16-29)15-20(26-22(23)31)21(30)25-7-9-27-10-12-28(13-11-27)19-5-3-4-18(24)14-19/h3-5,14,17,20H,6-13,15-16H2,1-2H3,(H,25,30)(H,26,31)/t20-,23+/m0/s1. The van der Waals surface area contributed by atoms with Crippen molar-refractivity contribution >= 4 is 29.1 Å². The first kappa shape index (κ1) is 22.4. The van der Waals surface area contributed by atoms with Gasteiger partial charge in [0.05, 0.1) is 5.41 Å². The van der Waals surface area contributed by atoms with Crippen LogP contribution in [0.3, 0.4) is 0 Å². The largest absolute Gasteiger partial charge is 0.369 e. The molecule has 3 aliphatic heterocycles. The molecule has 3 heterocycles. The number of benzene rings is 1. The van der Waals surface area contributed by atoms with E-state index in [0.717, 1.165) is 62.9 Å². The van der Waals surface area contributed by atoms with Gasteiger partial charge in [0.15, 0.2) is 0 Å². The zero-order valence-electron chi connectivity index (χ0n) is 18.6. The Morgan fingerprint density at radius 1 is 1.26 bits per heavy atom. The Balaban J connectivity index is 1.19. The number of nitrogens with one attached hydrogen (secondary N) is 2. The van der Waals surface area contributed by atoms with E-state index in [0.29, 0.717) is 19.0 Å². The summed E-state index contributed by atoms with van der Waals surface area (Å²) in [5.41, 5.74) is 0.775. The molecule has 2 N–H and O–H groups in total. The number of carbonyl (C=O) groups is 2. The van der Waals surface area contributed by atoms with Crippen LogP contribution < -0.4 is 15.5 Å². The summed E-state index contributed by atoms with van der Waals surface area (Å²) in [6, 6.07) is 8.00. The number of rotatable bonds is 6. The van der Waals surface area contributed by atoms with Gasteiger partial charge >= 0.3 is 0 Å². The van der Waals surface area contributed by atoms with Crippen molar-refractivity contribution in [1.82, 2.24) is 20.4 Å². The highest BCUT2D eigenvalue weighted by atomic mass is 35.5. The third-order valence-corrected chi connectivity index (χ3v) is 7.32. The van der Waals surface area contributed by atoms with Crippen molar-refractivity contribution in [2.75, 3.05) is 57.3 Å². The van der Waals surface area contributed by atoms with Gasteiger partial charge in [0, 0.05) is 62.6 Å². The molecule has 2 amide bonds. The summed E-state index contributed by atoms with van der Waals surface area (Å²) in [5, 5.41) is 6.76. The first-order valence-corrected chi connectivity index (χ1v) is 11.8. The second kappa shape index (κ2) is 9.35. The van der Waals surface area contributed by atoms with Gasteiger partial charge in [-0.2, -0.15) is 0 Å². The van der Waals surface area contributed by atoms with Crippen LogP contribution >= 0.6 is 11.6 Å². The van der Waals surface area contributed by atoms with Crippen LogP contribution in [-0.4, -0.2) is 86.1 Å². The van der Waals surface area contributed by atoms with Gasteiger partial charge in [0.1, 0.15) is 6.04 Å². The molecule has 7 nitrogen and oxygen atoms in total. The Morgan fingerprint density at radius 3 is 2.71 bits per heavy atom. The lowest BCUT2D eigenvalue weighted by Crippen LogP contribution is -2.49. The molecule has 2 atom stereocenters. The zero-order chi connectivity index (χ0) is 22.0. The van der Waals surface area contributed by atoms with Crippen LogP contribution in [0.1, 0.15) is 26.7 Å². The predicted molar refractivity (Wildman–Crippen MR) is 123 cm³/mol. The third-order valence-electron chi connectivity index (χ3n) is 7.08. The minimum atomic E-state index is -0.403. The molecule has 0 unspecified atom stereocenters. The summed E-state index contributed by atoms with van der Waals surface area (Å²) in [6.45, 7) is 11.2. The monoisotopic (exact) mass is 447 g/mol. The van der Waals surface area contributed by atoms with Gasteiger partial charge in [0.2, 0.25) is 11.8 Å². The summed E-state index contributed by atoms with van der Waals surface area (Å²) < 4.78 is 0. The van der Waals surface area contributed by atoms with Crippen LogP contribution in [0.25, 0.3) is 0 Å². The second-order valence-corrected chi connectivity index (χ2v) is 9.86. The maximum atomic E-state index is 12.7. The van der Waals surface area contributed by atoms with Gasteiger partial charge in [-0.15, -0.1) is 0 Å². The third kappa shape index (κ3) is 4.99. The van der Waals surface area contributed by atoms with E-state index in [1.54, 1.807) is 0 Å². The maximum Gasteiger partial charge on any atom is 0.242 e. The van der Waals surface area contributed by atoms with Gasteiger partial charge in [-0.3, -0.25) is 19.4 Å². The van der Waals surface area contributed by atoms with Crippen LogP contribution in [0, 0.1) is 5.41 Å². The molecule has 0 aliphatic carbocycles. The number of piperazine rings is 1. The van der Waals surface area contributed by atoms with Crippen molar-refractivity contribution in [2.24, 2.45) is 5.41 Å². The summed E-state index contributed by atoms with van der Waals surface area (Å²) in [6.07, 6.45) is 1.46. The second-order valence-electron chi connectivity index (χ2n) is 9.42. The average Bonchev–Trinajstić information content (AvgIpc) is 3.33. The van der Waals surface area contributed by atoms with E-state index >= 15 is 0 Å². The molecular formula is C23H34ClN5O2. The number of likely N-dealkylation sites (tertiary alicyclic amines) is 1. The SMILES string of the molecule is CC(C)N1CC[C@@]2(C[C@@H](C(=O)NCCN3CCN(c4cccc(Cl)c4)CC3)NC2=O)C1. The van der Waals surface area contributed by atoms with E-state index < -0.39 is 6.04 Å². The zero-order valence-corrected chi connectivity index (χ0v) is 19.3. The maximum absolute atomic E-state index is 12.7. The molecule has 4 rings (SSSR count). The Labute approximate surface area is 190 Å². The van der Waals surface area contributed by atoms with Crippen molar-refractivity contribution in [1.29, 1.82) is 0 Å². The Hall–Kier alpha value is -1.83. The molecule has 170 valence electrons. The molecule has 1 spiro atoms. The summed E-state index contributed by atoms with van der Waals surface area (Å²) in [4.78, 5) is 32.4. The Bertz CT molecular complexity index is 811. The molecule has 8 heteroatoms. The molecule has 3 aliphatic rings. The van der Waals surface area contributed by atoms with E-state index in [4.69, 9.17) is 11.6 Å². The number of carbonyl (C=O) groups excluding carboxylic acids is 2. The van der Waals surface area contributed by atoms with Crippen LogP contribution in [-0.2, 0) is 9.59 Å². The highest BCUT2D eigenvalue weighted by Crippen LogP contribution is 2.40. The van der Waals surface area contributed by atoms with Crippen LogP contribution in [0.4, 0.5) is 5.69 Å². The molecule has 1 aromatic carbocycles. The summed E-state index contributed by atoms with van der Waals surface area (Å²) in [7, 11) is 0. The molecule has 0 saturated carbocycles. The topological polar surface area (TPSA) is 67.9 Å². The lowest BCUT2D eigenvalue weighted by Gasteiger charge is -2.36. The lowest BCUT2D eigenvalue weighted by atomic mass is 9.84. The van der Waals surface area contributed by atoms with E-state index in [1.807, 2.05) is 18.2 Å². The molecule has 31 heavy (non-hydrogen) atoms. The van der Waals surface area contributed by atoms with Crippen LogP contribution in [0.15, 0.2) is 24.3 Å². The van der Waals surface area contributed by atoms with E-state index in [1.165, 1.54) is 0 Å². The number of anilines is 1. The Kier molecular flexibility index (Phi) is 6.74. The molecule has 3 saturated heterocycles. The van der Waals surface area contributed by atoms with E-state index in [9.17, 15) is 9.59 Å². The smallest absolute Gasteiger partial charge is 0.242 e. The van der Waals surface area contributed by atoms with Crippen molar-refractivity contribution < 1.29 is 9.59 Å². The van der Waals surface area contributed by atoms with Crippen molar-refractivity contribution in [2.45, 2.75) is 38.8 Å². The van der Waals surface area contributed by atoms with E-state index in [2.05, 4.69) is 45.2 Å². The predicted octanol–water partition coefficient (Wildman–Crippen LogP) is 1.57. The highest BCUT2D eigenvalue weighted by molar-refractivity contribution is 6.30. The molecule has 1 aromatic rings. The number of nitrogens with zero attached hydrogens (tertiary/aromatic N) is 3. The summed E-state index contributed by atoms with van der Waals surface area (Å²) in [5.74, 6) is -0.00118. The minimum Gasteiger partial charge on any atom is -0.369 e. The van der Waals surface area contributed by atoms with Gasteiger partial charge in [-0.05, 0) is 51.4 Å². The Morgan fingerprint density at radius 2 is 2.03 bits per heavy atom. The molecule has 0 radical (unpaired) electrons. The fraction of sp³-hybridized carbons (Fsp3) is 0.652. The molecule has 0 aromatic heterocycles.